The van der Waals surface area contributed by atoms with Crippen LogP contribution >= 0.6 is 23.4 Å². The van der Waals surface area contributed by atoms with Gasteiger partial charge in [-0.1, -0.05) is 53.7 Å². The molecule has 1 aromatic heterocycles. The molecule has 4 aromatic rings. The van der Waals surface area contributed by atoms with Crippen molar-refractivity contribution in [3.63, 3.8) is 0 Å². The number of rotatable bonds is 9. The van der Waals surface area contributed by atoms with E-state index in [1.54, 1.807) is 34.9 Å². The first-order valence-electron chi connectivity index (χ1n) is 10.9. The van der Waals surface area contributed by atoms with Gasteiger partial charge in [-0.15, -0.1) is 0 Å². The quantitative estimate of drug-likeness (QED) is 0.246. The molecule has 4 rings (SSSR count). The lowest BCUT2D eigenvalue weighted by Gasteiger charge is -2.15. The van der Waals surface area contributed by atoms with Crippen LogP contribution in [0.2, 0.25) is 5.02 Å². The van der Waals surface area contributed by atoms with Crippen LogP contribution in [0.15, 0.2) is 70.6 Å². The second-order valence-corrected chi connectivity index (χ2v) is 9.06. The molecular weight excluding hydrogens is 502 g/mol. The predicted octanol–water partition coefficient (Wildman–Crippen LogP) is 4.85. The highest BCUT2D eigenvalue weighted by atomic mass is 35.5. The molecular formula is C26H24ClN3O5S. The van der Waals surface area contributed by atoms with Crippen LogP contribution < -0.4 is 25.1 Å². The van der Waals surface area contributed by atoms with Crippen molar-refractivity contribution < 1.29 is 19.0 Å². The number of thioether (sulfide) groups is 1. The monoisotopic (exact) mass is 525 g/mol. The van der Waals surface area contributed by atoms with E-state index in [0.717, 1.165) is 5.56 Å². The molecule has 0 atom stereocenters. The Bertz CT molecular complexity index is 1430. The summed E-state index contributed by atoms with van der Waals surface area (Å²) in [4.78, 5) is 30.8. The fourth-order valence-electron chi connectivity index (χ4n) is 3.67. The molecule has 1 amide bonds. The van der Waals surface area contributed by atoms with E-state index in [-0.39, 0.29) is 17.2 Å². The van der Waals surface area contributed by atoms with Gasteiger partial charge in [0.25, 0.3) is 5.56 Å². The van der Waals surface area contributed by atoms with Crippen molar-refractivity contribution in [3.05, 3.63) is 81.6 Å². The van der Waals surface area contributed by atoms with E-state index in [9.17, 15) is 9.59 Å². The van der Waals surface area contributed by atoms with Crippen LogP contribution in [0.3, 0.4) is 0 Å². The summed E-state index contributed by atoms with van der Waals surface area (Å²) in [5, 5.41) is 4.14. The van der Waals surface area contributed by atoms with Gasteiger partial charge >= 0.3 is 0 Å². The molecule has 8 nitrogen and oxygen atoms in total. The Balaban J connectivity index is 1.60. The lowest BCUT2D eigenvalue weighted by Crippen LogP contribution is -2.25. The van der Waals surface area contributed by atoms with Crippen molar-refractivity contribution in [2.24, 2.45) is 0 Å². The summed E-state index contributed by atoms with van der Waals surface area (Å²) >= 11 is 7.30. The van der Waals surface area contributed by atoms with Gasteiger partial charge in [-0.25, -0.2) is 4.98 Å². The maximum Gasteiger partial charge on any atom is 0.262 e. The van der Waals surface area contributed by atoms with Gasteiger partial charge in [0, 0.05) is 22.8 Å². The van der Waals surface area contributed by atoms with E-state index in [1.165, 1.54) is 33.1 Å². The number of methoxy groups -OCH3 is 3. The molecule has 186 valence electrons. The van der Waals surface area contributed by atoms with Gasteiger partial charge in [0.2, 0.25) is 11.7 Å². The molecule has 0 bridgehead atoms. The number of halogens is 1. The van der Waals surface area contributed by atoms with Crippen LogP contribution in [0.25, 0.3) is 10.9 Å². The van der Waals surface area contributed by atoms with Crippen molar-refractivity contribution in [3.8, 4) is 17.2 Å². The van der Waals surface area contributed by atoms with Crippen LogP contribution in [0.1, 0.15) is 5.56 Å². The van der Waals surface area contributed by atoms with Crippen LogP contribution in [-0.2, 0) is 11.3 Å². The molecule has 0 aliphatic rings. The maximum absolute atomic E-state index is 13.4. The zero-order chi connectivity index (χ0) is 25.7. The highest BCUT2D eigenvalue weighted by molar-refractivity contribution is 7.99. The first-order valence-corrected chi connectivity index (χ1v) is 12.3. The van der Waals surface area contributed by atoms with Crippen LogP contribution in [0.4, 0.5) is 5.69 Å². The molecule has 0 unspecified atom stereocenters. The summed E-state index contributed by atoms with van der Waals surface area (Å²) in [6.07, 6.45) is 0. The van der Waals surface area contributed by atoms with Gasteiger partial charge in [0.05, 0.1) is 44.5 Å². The standard InChI is InChI=1S/C26H24ClN3O5S/c1-33-21-12-18(13-22(34-2)24(21)35-3)28-23(31)15-36-26-29-20-10-9-17(27)11-19(20)25(32)30(26)14-16-7-5-4-6-8-16/h4-13H,14-15H2,1-3H3,(H,28,31). The zero-order valence-electron chi connectivity index (χ0n) is 19.9. The van der Waals surface area contributed by atoms with Crippen molar-refractivity contribution in [2.45, 2.75) is 11.7 Å². The second-order valence-electron chi connectivity index (χ2n) is 7.68. The molecule has 0 fully saturated rings. The smallest absolute Gasteiger partial charge is 0.262 e. The minimum absolute atomic E-state index is 0.0248. The Morgan fingerprint density at radius 3 is 2.33 bits per heavy atom. The molecule has 36 heavy (non-hydrogen) atoms. The third-order valence-electron chi connectivity index (χ3n) is 5.35. The van der Waals surface area contributed by atoms with Crippen LogP contribution in [-0.4, -0.2) is 42.5 Å². The molecule has 1 N–H and O–H groups in total. The summed E-state index contributed by atoms with van der Waals surface area (Å²) in [6, 6.07) is 17.9. The minimum atomic E-state index is -0.286. The van der Waals surface area contributed by atoms with E-state index in [2.05, 4.69) is 10.3 Å². The summed E-state index contributed by atoms with van der Waals surface area (Å²) < 4.78 is 17.6. The highest BCUT2D eigenvalue weighted by Gasteiger charge is 2.17. The van der Waals surface area contributed by atoms with Crippen molar-refractivity contribution in [1.29, 1.82) is 0 Å². The molecule has 10 heteroatoms. The first-order chi connectivity index (χ1) is 17.4. The Hall–Kier alpha value is -3.69. The Morgan fingerprint density at radius 1 is 1.00 bits per heavy atom. The number of fused-ring (bicyclic) bond motifs is 1. The largest absolute Gasteiger partial charge is 0.493 e. The van der Waals surface area contributed by atoms with Gasteiger partial charge in [0.15, 0.2) is 16.7 Å². The number of aromatic nitrogens is 2. The fraction of sp³-hybridized carbons (Fsp3) is 0.192. The maximum atomic E-state index is 13.4. The molecule has 0 radical (unpaired) electrons. The molecule has 0 aliphatic heterocycles. The topological polar surface area (TPSA) is 91.7 Å². The number of carbonyl (C=O) groups is 1. The number of ether oxygens (including phenoxy) is 3. The third-order valence-corrected chi connectivity index (χ3v) is 6.56. The molecule has 0 saturated carbocycles. The van der Waals surface area contributed by atoms with Crippen LogP contribution in [0.5, 0.6) is 17.2 Å². The predicted molar refractivity (Wildman–Crippen MR) is 142 cm³/mol. The van der Waals surface area contributed by atoms with Gasteiger partial charge < -0.3 is 19.5 Å². The number of benzene rings is 3. The van der Waals surface area contributed by atoms with Crippen molar-refractivity contribution in [2.75, 3.05) is 32.4 Å². The number of amides is 1. The van der Waals surface area contributed by atoms with Gasteiger partial charge in [-0.2, -0.15) is 0 Å². The van der Waals surface area contributed by atoms with Gasteiger partial charge in [-0.3, -0.25) is 14.2 Å². The van der Waals surface area contributed by atoms with Gasteiger partial charge in [-0.05, 0) is 23.8 Å². The van der Waals surface area contributed by atoms with E-state index < -0.39 is 0 Å². The van der Waals surface area contributed by atoms with E-state index >= 15 is 0 Å². The molecule has 1 heterocycles. The number of anilines is 1. The molecule has 0 spiro atoms. The SMILES string of the molecule is COc1cc(NC(=O)CSc2nc3ccc(Cl)cc3c(=O)n2Cc2ccccc2)cc(OC)c1OC. The summed E-state index contributed by atoms with van der Waals surface area (Å²) in [7, 11) is 4.52. The second kappa shape index (κ2) is 11.4. The summed E-state index contributed by atoms with van der Waals surface area (Å²) in [5.41, 5.74) is 1.71. The minimum Gasteiger partial charge on any atom is -0.493 e. The average Bonchev–Trinajstić information content (AvgIpc) is 2.89. The zero-order valence-corrected chi connectivity index (χ0v) is 21.5. The van der Waals surface area contributed by atoms with E-state index in [0.29, 0.717) is 50.6 Å². The lowest BCUT2D eigenvalue weighted by molar-refractivity contribution is -0.113. The van der Waals surface area contributed by atoms with E-state index in [1.807, 2.05) is 30.3 Å². The Morgan fingerprint density at radius 2 is 1.69 bits per heavy atom. The number of hydrogen-bond acceptors (Lipinski definition) is 7. The first kappa shape index (κ1) is 25.4. The summed E-state index contributed by atoms with van der Waals surface area (Å²) in [5.74, 6) is 1.01. The van der Waals surface area contributed by atoms with Crippen LogP contribution in [0, 0.1) is 0 Å². The molecule has 3 aromatic carbocycles. The van der Waals surface area contributed by atoms with Crippen molar-refractivity contribution in [1.82, 2.24) is 9.55 Å². The highest BCUT2D eigenvalue weighted by Crippen LogP contribution is 2.40. The lowest BCUT2D eigenvalue weighted by atomic mass is 10.2. The third kappa shape index (κ3) is 5.58. The molecule has 0 aliphatic carbocycles. The number of nitrogens with zero attached hydrogens (tertiary/aromatic N) is 2. The molecule has 0 saturated heterocycles. The average molecular weight is 526 g/mol. The normalized spacial score (nSPS) is 10.8. The van der Waals surface area contributed by atoms with Crippen molar-refractivity contribution >= 4 is 45.9 Å². The number of carbonyl (C=O) groups excluding carboxylic acids is 1. The Kier molecular flexibility index (Phi) is 8.02. The Labute approximate surface area is 217 Å². The van der Waals surface area contributed by atoms with E-state index in [4.69, 9.17) is 25.8 Å². The number of hydrogen-bond donors (Lipinski definition) is 1. The summed E-state index contributed by atoms with van der Waals surface area (Å²) in [6.45, 7) is 0.311. The fourth-order valence-corrected chi connectivity index (χ4v) is 4.64. The number of nitrogens with one attached hydrogen (secondary N) is 1. The van der Waals surface area contributed by atoms with Gasteiger partial charge in [0.1, 0.15) is 0 Å².